The topological polar surface area (TPSA) is 29.5 Å². The Kier molecular flexibility index (Phi) is 4.41. The summed E-state index contributed by atoms with van der Waals surface area (Å²) in [7, 11) is 1.53. The summed E-state index contributed by atoms with van der Waals surface area (Å²) in [5, 5.41) is 10.6. The minimum Gasteiger partial charge on any atom is -0.385 e. The fourth-order valence-electron chi connectivity index (χ4n) is 3.09. The molecule has 0 amide bonds. The summed E-state index contributed by atoms with van der Waals surface area (Å²) in [5.74, 6) is -1.86. The van der Waals surface area contributed by atoms with E-state index >= 15 is 0 Å². The van der Waals surface area contributed by atoms with Crippen LogP contribution in [0.15, 0.2) is 12.1 Å². The maximum Gasteiger partial charge on any atom is 0.164 e. The Morgan fingerprint density at radius 2 is 1.67 bits per heavy atom. The number of rotatable bonds is 3. The maximum atomic E-state index is 14.1. The predicted molar refractivity (Wildman–Crippen MR) is 78.0 cm³/mol. The molecule has 118 valence electrons. The van der Waals surface area contributed by atoms with E-state index in [9.17, 15) is 13.9 Å². The first-order chi connectivity index (χ1) is 9.72. The molecule has 0 spiro atoms. The molecule has 0 aliphatic heterocycles. The maximum absolute atomic E-state index is 14.1. The number of aliphatic hydroxyl groups is 1. The third-order valence-electron chi connectivity index (χ3n) is 4.95. The second kappa shape index (κ2) is 5.65. The molecule has 21 heavy (non-hydrogen) atoms. The van der Waals surface area contributed by atoms with Gasteiger partial charge in [-0.1, -0.05) is 26.0 Å². The zero-order valence-corrected chi connectivity index (χ0v) is 13.2. The van der Waals surface area contributed by atoms with Crippen LogP contribution in [0.25, 0.3) is 0 Å². The van der Waals surface area contributed by atoms with E-state index in [-0.39, 0.29) is 16.5 Å². The molecule has 4 heteroatoms. The van der Waals surface area contributed by atoms with Crippen molar-refractivity contribution < 1.29 is 18.6 Å². The molecular weight excluding hydrogens is 274 g/mol. The van der Waals surface area contributed by atoms with Crippen LogP contribution in [0.2, 0.25) is 0 Å². The SMILES string of the molecule is COC1(C(O)c2ccc(C)c(F)c2F)CCC(C)(C)CC1. The molecule has 1 fully saturated rings. The number of hydrogen-bond acceptors (Lipinski definition) is 2. The zero-order chi connectivity index (χ0) is 15.8. The summed E-state index contributed by atoms with van der Waals surface area (Å²) < 4.78 is 33.5. The second-order valence-corrected chi connectivity index (χ2v) is 6.94. The molecular formula is C17H24F2O2. The molecule has 1 aliphatic carbocycles. The molecule has 0 aromatic heterocycles. The van der Waals surface area contributed by atoms with Gasteiger partial charge in [-0.15, -0.1) is 0 Å². The first kappa shape index (κ1) is 16.4. The number of halogens is 2. The van der Waals surface area contributed by atoms with E-state index in [1.54, 1.807) is 0 Å². The molecule has 1 aromatic carbocycles. The fraction of sp³-hybridized carbons (Fsp3) is 0.647. The van der Waals surface area contributed by atoms with Crippen LogP contribution < -0.4 is 0 Å². The molecule has 1 aromatic rings. The minimum atomic E-state index is -1.16. The van der Waals surface area contributed by atoms with E-state index in [0.717, 1.165) is 12.8 Å². The molecule has 2 rings (SSSR count). The average Bonchev–Trinajstić information content (AvgIpc) is 2.45. The van der Waals surface area contributed by atoms with E-state index in [1.807, 2.05) is 0 Å². The van der Waals surface area contributed by atoms with Gasteiger partial charge in [0.05, 0.1) is 5.60 Å². The van der Waals surface area contributed by atoms with Gasteiger partial charge in [0.2, 0.25) is 0 Å². The number of methoxy groups -OCH3 is 1. The van der Waals surface area contributed by atoms with Gasteiger partial charge in [-0.2, -0.15) is 0 Å². The van der Waals surface area contributed by atoms with Gasteiger partial charge >= 0.3 is 0 Å². The van der Waals surface area contributed by atoms with Crippen molar-refractivity contribution in [3.63, 3.8) is 0 Å². The quantitative estimate of drug-likeness (QED) is 0.902. The van der Waals surface area contributed by atoms with Crippen LogP contribution in [-0.4, -0.2) is 17.8 Å². The van der Waals surface area contributed by atoms with E-state index in [2.05, 4.69) is 13.8 Å². The Balaban J connectivity index is 2.33. The zero-order valence-electron chi connectivity index (χ0n) is 13.2. The van der Waals surface area contributed by atoms with E-state index in [4.69, 9.17) is 4.74 Å². The van der Waals surface area contributed by atoms with Gasteiger partial charge in [0, 0.05) is 12.7 Å². The van der Waals surface area contributed by atoms with Crippen molar-refractivity contribution in [3.05, 3.63) is 34.9 Å². The third kappa shape index (κ3) is 2.97. The van der Waals surface area contributed by atoms with Crippen LogP contribution in [0.5, 0.6) is 0 Å². The summed E-state index contributed by atoms with van der Waals surface area (Å²) in [4.78, 5) is 0. The molecule has 1 aliphatic rings. The van der Waals surface area contributed by atoms with Crippen LogP contribution in [0.1, 0.15) is 56.8 Å². The lowest BCUT2D eigenvalue weighted by Gasteiger charge is -2.45. The minimum absolute atomic E-state index is 0.0142. The summed E-state index contributed by atoms with van der Waals surface area (Å²) in [5.41, 5.74) is -0.420. The second-order valence-electron chi connectivity index (χ2n) is 6.94. The van der Waals surface area contributed by atoms with Crippen molar-refractivity contribution in [2.45, 2.75) is 58.2 Å². The van der Waals surface area contributed by atoms with Crippen LogP contribution in [-0.2, 0) is 4.74 Å². The molecule has 2 nitrogen and oxygen atoms in total. The lowest BCUT2D eigenvalue weighted by atomic mass is 9.68. The number of benzene rings is 1. The molecule has 1 unspecified atom stereocenters. The van der Waals surface area contributed by atoms with Crippen molar-refractivity contribution in [2.24, 2.45) is 5.41 Å². The fourth-order valence-corrected chi connectivity index (χ4v) is 3.09. The molecule has 1 atom stereocenters. The van der Waals surface area contributed by atoms with Crippen LogP contribution in [0.3, 0.4) is 0 Å². The van der Waals surface area contributed by atoms with Gasteiger partial charge in [-0.25, -0.2) is 8.78 Å². The molecule has 0 radical (unpaired) electrons. The predicted octanol–water partition coefficient (Wildman–Crippen LogP) is 4.29. The highest BCUT2D eigenvalue weighted by Gasteiger charge is 2.45. The van der Waals surface area contributed by atoms with E-state index < -0.39 is 23.3 Å². The number of hydrogen-bond donors (Lipinski definition) is 1. The van der Waals surface area contributed by atoms with E-state index in [0.29, 0.717) is 12.8 Å². The number of aryl methyl sites for hydroxylation is 1. The highest BCUT2D eigenvalue weighted by Crippen LogP contribution is 2.47. The molecule has 0 heterocycles. The lowest BCUT2D eigenvalue weighted by Crippen LogP contribution is -2.44. The van der Waals surface area contributed by atoms with Crippen molar-refractivity contribution in [3.8, 4) is 0 Å². The highest BCUT2D eigenvalue weighted by atomic mass is 19.2. The lowest BCUT2D eigenvalue weighted by molar-refractivity contribution is -0.139. The van der Waals surface area contributed by atoms with Gasteiger partial charge in [0.1, 0.15) is 6.10 Å². The van der Waals surface area contributed by atoms with Crippen molar-refractivity contribution >= 4 is 0 Å². The monoisotopic (exact) mass is 298 g/mol. The Bertz CT molecular complexity index is 516. The Morgan fingerprint density at radius 3 is 2.19 bits per heavy atom. The van der Waals surface area contributed by atoms with Crippen LogP contribution in [0, 0.1) is 24.0 Å². The van der Waals surface area contributed by atoms with Crippen molar-refractivity contribution in [2.75, 3.05) is 7.11 Å². The average molecular weight is 298 g/mol. The molecule has 0 saturated heterocycles. The summed E-state index contributed by atoms with van der Waals surface area (Å²) in [6, 6.07) is 2.95. The summed E-state index contributed by atoms with van der Waals surface area (Å²) in [6.45, 7) is 5.85. The normalized spacial score (nSPS) is 22.0. The van der Waals surface area contributed by atoms with E-state index in [1.165, 1.54) is 26.2 Å². The Hall–Kier alpha value is -1.00. The van der Waals surface area contributed by atoms with Crippen molar-refractivity contribution in [1.82, 2.24) is 0 Å². The van der Waals surface area contributed by atoms with Gasteiger partial charge in [0.25, 0.3) is 0 Å². The number of aliphatic hydroxyl groups excluding tert-OH is 1. The first-order valence-corrected chi connectivity index (χ1v) is 7.40. The Labute approximate surface area is 125 Å². The van der Waals surface area contributed by atoms with Crippen molar-refractivity contribution in [1.29, 1.82) is 0 Å². The van der Waals surface area contributed by atoms with Crippen LogP contribution >= 0.6 is 0 Å². The highest BCUT2D eigenvalue weighted by molar-refractivity contribution is 5.29. The third-order valence-corrected chi connectivity index (χ3v) is 4.95. The molecule has 1 saturated carbocycles. The van der Waals surface area contributed by atoms with Gasteiger partial charge in [-0.05, 0) is 43.6 Å². The summed E-state index contributed by atoms with van der Waals surface area (Å²) in [6.07, 6.45) is 1.87. The standard InChI is InChI=1S/C17H24F2O2/c1-11-5-6-12(14(19)13(11)18)15(20)17(21-4)9-7-16(2,3)8-10-17/h5-6,15,20H,7-10H2,1-4H3. The first-order valence-electron chi connectivity index (χ1n) is 7.40. The number of ether oxygens (including phenoxy) is 1. The smallest absolute Gasteiger partial charge is 0.164 e. The van der Waals surface area contributed by atoms with Crippen LogP contribution in [0.4, 0.5) is 8.78 Å². The van der Waals surface area contributed by atoms with Gasteiger partial charge in [-0.3, -0.25) is 0 Å². The Morgan fingerprint density at radius 1 is 1.10 bits per heavy atom. The van der Waals surface area contributed by atoms with Gasteiger partial charge < -0.3 is 9.84 Å². The largest absolute Gasteiger partial charge is 0.385 e. The molecule has 0 bridgehead atoms. The summed E-state index contributed by atoms with van der Waals surface area (Å²) >= 11 is 0. The van der Waals surface area contributed by atoms with Gasteiger partial charge in [0.15, 0.2) is 11.6 Å². The molecule has 1 N–H and O–H groups in total.